The number of likely N-dealkylation sites (N-methyl/N-ethyl adjacent to an activating group) is 1. The molecule has 0 aliphatic heterocycles. The van der Waals surface area contributed by atoms with Crippen LogP contribution in [0.25, 0.3) is 0 Å². The third-order valence-corrected chi connectivity index (χ3v) is 12.8. The molecule has 0 aliphatic carbocycles. The van der Waals surface area contributed by atoms with Gasteiger partial charge in [0.2, 0.25) is 0 Å². The molecule has 0 saturated carbocycles. The van der Waals surface area contributed by atoms with Crippen molar-refractivity contribution in [2.75, 3.05) is 47.5 Å². The topological polar surface area (TPSA) is 111 Å². The van der Waals surface area contributed by atoms with Gasteiger partial charge in [0.25, 0.3) is 7.82 Å². The van der Waals surface area contributed by atoms with E-state index in [1.165, 1.54) is 154 Å². The quantitative estimate of drug-likeness (QED) is 0.0195. The van der Waals surface area contributed by atoms with Gasteiger partial charge in [-0.25, -0.2) is 0 Å². The van der Waals surface area contributed by atoms with Crippen LogP contribution in [-0.2, 0) is 32.7 Å². The maximum absolute atomic E-state index is 12.8. The SMILES string of the molecule is CCCCC/C=C\C/C=C\CCCCCCCCCCCC(=O)OCC(COP(=O)([O-])OCC[N+](C)(C)C)OC(=O)CCCCCCCCCCCCC/C=C\C/C=C\CCCCCCC. The Hall–Kier alpha value is -2.03. The lowest BCUT2D eigenvalue weighted by atomic mass is 10.0. The third kappa shape index (κ3) is 51.4. The molecule has 0 spiro atoms. The zero-order chi connectivity index (χ0) is 48.5. The van der Waals surface area contributed by atoms with Crippen LogP contribution in [0.5, 0.6) is 0 Å². The van der Waals surface area contributed by atoms with Gasteiger partial charge in [-0.1, -0.05) is 204 Å². The van der Waals surface area contributed by atoms with Crippen LogP contribution < -0.4 is 4.89 Å². The molecule has 10 heteroatoms. The lowest BCUT2D eigenvalue weighted by Crippen LogP contribution is -2.37. The van der Waals surface area contributed by atoms with Crippen LogP contribution in [0.1, 0.15) is 245 Å². The van der Waals surface area contributed by atoms with E-state index in [2.05, 4.69) is 62.5 Å². The van der Waals surface area contributed by atoms with E-state index in [1.807, 2.05) is 21.1 Å². The van der Waals surface area contributed by atoms with E-state index < -0.39 is 26.5 Å². The Balaban J connectivity index is 4.21. The summed E-state index contributed by atoms with van der Waals surface area (Å²) in [5, 5.41) is 0. The molecule has 0 heterocycles. The van der Waals surface area contributed by atoms with E-state index in [0.29, 0.717) is 17.4 Å². The summed E-state index contributed by atoms with van der Waals surface area (Å²) in [5.74, 6) is -0.835. The number of allylic oxidation sites excluding steroid dienone is 8. The number of hydrogen-bond donors (Lipinski definition) is 0. The molecule has 0 aromatic heterocycles. The van der Waals surface area contributed by atoms with E-state index in [-0.39, 0.29) is 32.0 Å². The number of rotatable bonds is 50. The minimum Gasteiger partial charge on any atom is -0.756 e. The highest BCUT2D eigenvalue weighted by Crippen LogP contribution is 2.38. The molecule has 0 N–H and O–H groups in total. The van der Waals surface area contributed by atoms with Gasteiger partial charge in [0.1, 0.15) is 19.8 Å². The fourth-order valence-electron chi connectivity index (χ4n) is 7.54. The molecule has 9 nitrogen and oxygen atoms in total. The molecule has 386 valence electrons. The van der Waals surface area contributed by atoms with Gasteiger partial charge in [0.05, 0.1) is 27.7 Å². The predicted molar refractivity (Wildman–Crippen MR) is 277 cm³/mol. The Morgan fingerprint density at radius 2 is 0.818 bits per heavy atom. The number of nitrogens with zero attached hydrogens (tertiary/aromatic N) is 1. The molecular weight excluding hydrogens is 846 g/mol. The summed E-state index contributed by atoms with van der Waals surface area (Å²) in [6.07, 6.45) is 58.5. The van der Waals surface area contributed by atoms with Crippen molar-refractivity contribution >= 4 is 19.8 Å². The van der Waals surface area contributed by atoms with Crippen molar-refractivity contribution in [1.29, 1.82) is 0 Å². The van der Waals surface area contributed by atoms with E-state index in [1.54, 1.807) is 0 Å². The normalized spacial score (nSPS) is 13.7. The van der Waals surface area contributed by atoms with Gasteiger partial charge in [-0.3, -0.25) is 14.2 Å². The van der Waals surface area contributed by atoms with Gasteiger partial charge < -0.3 is 27.9 Å². The Bertz CT molecular complexity index is 1260. The zero-order valence-electron chi connectivity index (χ0n) is 43.6. The highest BCUT2D eigenvalue weighted by atomic mass is 31.2. The van der Waals surface area contributed by atoms with Gasteiger partial charge >= 0.3 is 11.9 Å². The minimum absolute atomic E-state index is 0.0325. The zero-order valence-corrected chi connectivity index (χ0v) is 44.5. The first kappa shape index (κ1) is 64.0. The van der Waals surface area contributed by atoms with Gasteiger partial charge in [0, 0.05) is 12.8 Å². The molecule has 66 heavy (non-hydrogen) atoms. The number of phosphoric ester groups is 1. The largest absolute Gasteiger partial charge is 0.756 e. The molecular formula is C56H104NO8P. The molecule has 0 fully saturated rings. The second-order valence-corrected chi connectivity index (χ2v) is 21.0. The molecule has 2 unspecified atom stereocenters. The fourth-order valence-corrected chi connectivity index (χ4v) is 8.27. The van der Waals surface area contributed by atoms with Crippen molar-refractivity contribution in [1.82, 2.24) is 0 Å². The van der Waals surface area contributed by atoms with Crippen LogP contribution in [0.3, 0.4) is 0 Å². The van der Waals surface area contributed by atoms with Crippen molar-refractivity contribution in [3.8, 4) is 0 Å². The first-order valence-electron chi connectivity index (χ1n) is 27.3. The number of phosphoric acid groups is 1. The van der Waals surface area contributed by atoms with Crippen LogP contribution >= 0.6 is 7.82 Å². The number of quaternary nitrogens is 1. The summed E-state index contributed by atoms with van der Waals surface area (Å²) < 4.78 is 34.1. The molecule has 0 aromatic rings. The number of unbranched alkanes of at least 4 members (excludes halogenated alkanes) is 28. The van der Waals surface area contributed by atoms with Crippen molar-refractivity contribution in [3.05, 3.63) is 48.6 Å². The lowest BCUT2D eigenvalue weighted by molar-refractivity contribution is -0.870. The number of carbonyl (C=O) groups is 2. The third-order valence-electron chi connectivity index (χ3n) is 11.8. The van der Waals surface area contributed by atoms with Crippen LogP contribution in [0.4, 0.5) is 0 Å². The Kier molecular flexibility index (Phi) is 46.5. The van der Waals surface area contributed by atoms with Crippen molar-refractivity contribution < 1.29 is 42.1 Å². The molecule has 0 radical (unpaired) electrons. The molecule has 0 bridgehead atoms. The predicted octanol–water partition coefficient (Wildman–Crippen LogP) is 16.0. The fraction of sp³-hybridized carbons (Fsp3) is 0.821. The van der Waals surface area contributed by atoms with E-state index >= 15 is 0 Å². The van der Waals surface area contributed by atoms with Gasteiger partial charge in [0.15, 0.2) is 6.10 Å². The van der Waals surface area contributed by atoms with E-state index in [9.17, 15) is 19.0 Å². The van der Waals surface area contributed by atoms with Crippen LogP contribution in [-0.4, -0.2) is 70.0 Å². The average molecular weight is 950 g/mol. The molecule has 0 aromatic carbocycles. The number of hydrogen-bond acceptors (Lipinski definition) is 8. The minimum atomic E-state index is -4.63. The summed E-state index contributed by atoms with van der Waals surface area (Å²) >= 11 is 0. The summed E-state index contributed by atoms with van der Waals surface area (Å²) in [6.45, 7) is 4.22. The molecule has 0 rings (SSSR count). The second kappa shape index (κ2) is 48.0. The Labute approximate surface area is 407 Å². The van der Waals surface area contributed by atoms with Crippen LogP contribution in [0.2, 0.25) is 0 Å². The molecule has 0 saturated heterocycles. The molecule has 2 atom stereocenters. The maximum atomic E-state index is 12.8. The highest BCUT2D eigenvalue weighted by molar-refractivity contribution is 7.45. The Morgan fingerprint density at radius 1 is 0.470 bits per heavy atom. The van der Waals surface area contributed by atoms with Crippen LogP contribution in [0.15, 0.2) is 48.6 Å². The summed E-state index contributed by atoms with van der Waals surface area (Å²) in [6, 6.07) is 0. The van der Waals surface area contributed by atoms with Gasteiger partial charge in [-0.05, 0) is 77.0 Å². The summed E-state index contributed by atoms with van der Waals surface area (Å²) in [4.78, 5) is 37.8. The first-order chi connectivity index (χ1) is 32.0. The van der Waals surface area contributed by atoms with Crippen molar-refractivity contribution in [3.63, 3.8) is 0 Å². The van der Waals surface area contributed by atoms with Crippen LogP contribution in [0, 0.1) is 0 Å². The second-order valence-electron chi connectivity index (χ2n) is 19.6. The molecule has 0 amide bonds. The summed E-state index contributed by atoms with van der Waals surface area (Å²) in [7, 11) is 1.16. The number of esters is 2. The van der Waals surface area contributed by atoms with Crippen molar-refractivity contribution in [2.24, 2.45) is 0 Å². The smallest absolute Gasteiger partial charge is 0.306 e. The average Bonchev–Trinajstić information content (AvgIpc) is 3.27. The first-order valence-corrected chi connectivity index (χ1v) is 28.8. The van der Waals surface area contributed by atoms with E-state index in [0.717, 1.165) is 57.8 Å². The van der Waals surface area contributed by atoms with E-state index in [4.69, 9.17) is 18.5 Å². The Morgan fingerprint density at radius 3 is 1.23 bits per heavy atom. The maximum Gasteiger partial charge on any atom is 0.306 e. The van der Waals surface area contributed by atoms with Gasteiger partial charge in [-0.15, -0.1) is 0 Å². The lowest BCUT2D eigenvalue weighted by Gasteiger charge is -2.28. The number of ether oxygens (including phenoxy) is 2. The van der Waals surface area contributed by atoms with Gasteiger partial charge in [-0.2, -0.15) is 0 Å². The monoisotopic (exact) mass is 950 g/mol. The standard InChI is InChI=1S/C56H104NO8P/c1-6-8-10-12-14-16-18-20-22-24-26-27-28-29-31-33-35-37-39-41-43-45-47-49-56(59)65-54(53-64-66(60,61)63-51-50-57(3,4)5)52-62-55(58)48-46-44-42-40-38-36-34-32-30-25-23-21-19-17-15-13-11-9-7-2/h15,17-18,20-21,23-24,26,54H,6-14,16,19,22,25,27-53H2,1-5H3/b17-15-,20-18-,23-21-,26-24-. The molecule has 0 aliphatic rings. The van der Waals surface area contributed by atoms with Crippen molar-refractivity contribution in [2.45, 2.75) is 251 Å². The number of carbonyl (C=O) groups excluding carboxylic acids is 2. The summed E-state index contributed by atoms with van der Waals surface area (Å²) in [5.41, 5.74) is 0. The highest BCUT2D eigenvalue weighted by Gasteiger charge is 2.21.